The Kier molecular flexibility index (Phi) is 9.69. The summed E-state index contributed by atoms with van der Waals surface area (Å²) in [6, 6.07) is 17.7. The van der Waals surface area contributed by atoms with Gasteiger partial charge in [0.05, 0.1) is 0 Å². The number of carbonyl (C=O) groups is 2. The molecule has 41 heavy (non-hydrogen) atoms. The van der Waals surface area contributed by atoms with Gasteiger partial charge in [-0.1, -0.05) is 29.4 Å². The summed E-state index contributed by atoms with van der Waals surface area (Å²) in [4.78, 5) is 46.5. The van der Waals surface area contributed by atoms with Crippen molar-refractivity contribution in [3.8, 4) is 22.5 Å². The van der Waals surface area contributed by atoms with Crippen LogP contribution in [-0.4, -0.2) is 39.5 Å². The molecule has 1 fully saturated rings. The van der Waals surface area contributed by atoms with E-state index in [1.54, 1.807) is 41.6 Å². The fraction of sp³-hybridized carbons (Fsp3) is 0.300. The van der Waals surface area contributed by atoms with Crippen LogP contribution in [0.5, 0.6) is 0 Å². The van der Waals surface area contributed by atoms with Gasteiger partial charge in [-0.25, -0.2) is 4.79 Å². The van der Waals surface area contributed by atoms with Crippen LogP contribution in [0.4, 0.5) is 5.69 Å². The third-order valence-electron chi connectivity index (χ3n) is 7.66. The lowest BCUT2D eigenvalue weighted by molar-refractivity contribution is -0.127. The highest BCUT2D eigenvalue weighted by molar-refractivity contribution is 6.01. The molecule has 0 radical (unpaired) electrons. The molecular formula is C30H33ClN6O4. The fourth-order valence-electron chi connectivity index (χ4n) is 5.36. The standard InChI is InChI=1S/C30H32N6O4.ClH/c31-18-20-3-7-24(8-4-20)29(38)36(25-11-9-23(10-12-25)28-34-30(39)40-35-28)26(27(32)37)17-19-1-5-21(6-2-19)22-13-15-33-16-14-22;/h1-2,5-6,9-16,20,24,26H,3-4,7-8,17-18,31H2,(H2,32,37)(H,34,35,39);1H/t20?,24?,26-;/m0./s1. The summed E-state index contributed by atoms with van der Waals surface area (Å²) in [6.07, 6.45) is 6.90. The van der Waals surface area contributed by atoms with Crippen LogP contribution in [-0.2, 0) is 16.0 Å². The molecule has 214 valence electrons. The molecule has 1 aliphatic rings. The number of hydrogen-bond acceptors (Lipinski definition) is 7. The van der Waals surface area contributed by atoms with Gasteiger partial charge in [-0.2, -0.15) is 0 Å². The molecule has 2 aromatic carbocycles. The largest absolute Gasteiger partial charge is 0.439 e. The monoisotopic (exact) mass is 576 g/mol. The van der Waals surface area contributed by atoms with E-state index < -0.39 is 17.7 Å². The zero-order chi connectivity index (χ0) is 28.1. The minimum absolute atomic E-state index is 0. The van der Waals surface area contributed by atoms with Crippen LogP contribution in [0.1, 0.15) is 31.2 Å². The van der Waals surface area contributed by atoms with E-state index in [4.69, 9.17) is 11.5 Å². The first-order chi connectivity index (χ1) is 19.4. The second-order valence-electron chi connectivity index (χ2n) is 10.2. The van der Waals surface area contributed by atoms with E-state index in [0.717, 1.165) is 29.5 Å². The van der Waals surface area contributed by atoms with Crippen LogP contribution in [0.25, 0.3) is 22.5 Å². The average molecular weight is 577 g/mol. The highest BCUT2D eigenvalue weighted by Crippen LogP contribution is 2.33. The number of H-pyrrole nitrogens is 1. The molecule has 2 aromatic heterocycles. The van der Waals surface area contributed by atoms with Gasteiger partial charge >= 0.3 is 5.76 Å². The number of pyridine rings is 1. The number of rotatable bonds is 9. The predicted octanol–water partition coefficient (Wildman–Crippen LogP) is 3.71. The molecule has 10 nitrogen and oxygen atoms in total. The van der Waals surface area contributed by atoms with Gasteiger partial charge in [-0.05, 0) is 91.2 Å². The van der Waals surface area contributed by atoms with Crippen molar-refractivity contribution in [2.45, 2.75) is 38.1 Å². The number of aromatic amines is 1. The van der Waals surface area contributed by atoms with Crippen LogP contribution in [0.2, 0.25) is 0 Å². The quantitative estimate of drug-likeness (QED) is 0.273. The van der Waals surface area contributed by atoms with Crippen molar-refractivity contribution in [3.63, 3.8) is 0 Å². The van der Waals surface area contributed by atoms with Gasteiger partial charge in [-0.15, -0.1) is 12.4 Å². The summed E-state index contributed by atoms with van der Waals surface area (Å²) in [5.41, 5.74) is 15.9. The Morgan fingerprint density at radius 3 is 2.10 bits per heavy atom. The Bertz CT molecular complexity index is 1500. The summed E-state index contributed by atoms with van der Waals surface area (Å²) < 4.78 is 4.61. The van der Waals surface area contributed by atoms with E-state index >= 15 is 0 Å². The van der Waals surface area contributed by atoms with Gasteiger partial charge in [0, 0.05) is 36.0 Å². The molecule has 0 unspecified atom stereocenters. The maximum atomic E-state index is 14.0. The zero-order valence-corrected chi connectivity index (χ0v) is 23.3. The summed E-state index contributed by atoms with van der Waals surface area (Å²) in [7, 11) is 0. The molecule has 1 atom stereocenters. The number of carbonyl (C=O) groups excluding carboxylic acids is 2. The normalized spacial score (nSPS) is 17.3. The smallest absolute Gasteiger partial charge is 0.368 e. The Hall–Kier alpha value is -4.28. The van der Waals surface area contributed by atoms with E-state index in [1.807, 2.05) is 36.4 Å². The average Bonchev–Trinajstić information content (AvgIpc) is 3.44. The molecule has 0 spiro atoms. The van der Waals surface area contributed by atoms with Crippen molar-refractivity contribution in [1.29, 1.82) is 0 Å². The minimum Gasteiger partial charge on any atom is -0.368 e. The molecule has 4 aromatic rings. The SMILES string of the molecule is Cl.NCC1CCC(C(=O)N(c2ccc(-c3noc(=O)[nH]3)cc2)[C@@H](Cc2ccc(-c3ccncc3)cc2)C(N)=O)CC1. The molecule has 0 saturated heterocycles. The Morgan fingerprint density at radius 1 is 0.927 bits per heavy atom. The molecular weight excluding hydrogens is 544 g/mol. The second-order valence-corrected chi connectivity index (χ2v) is 10.2. The lowest BCUT2D eigenvalue weighted by Crippen LogP contribution is -2.52. The molecule has 1 aliphatic carbocycles. The topological polar surface area (TPSA) is 161 Å². The highest BCUT2D eigenvalue weighted by atomic mass is 35.5. The number of nitrogens with zero attached hydrogens (tertiary/aromatic N) is 3. The third kappa shape index (κ3) is 6.90. The summed E-state index contributed by atoms with van der Waals surface area (Å²) in [5, 5.41) is 3.72. The first-order valence-corrected chi connectivity index (χ1v) is 13.4. The van der Waals surface area contributed by atoms with E-state index in [9.17, 15) is 14.4 Å². The van der Waals surface area contributed by atoms with Crippen molar-refractivity contribution in [1.82, 2.24) is 15.1 Å². The fourth-order valence-corrected chi connectivity index (χ4v) is 5.36. The van der Waals surface area contributed by atoms with Crippen LogP contribution in [0, 0.1) is 11.8 Å². The number of aromatic nitrogens is 3. The van der Waals surface area contributed by atoms with Gasteiger partial charge in [0.2, 0.25) is 11.8 Å². The number of nitrogens with two attached hydrogens (primary N) is 2. The van der Waals surface area contributed by atoms with E-state index in [0.29, 0.717) is 36.6 Å². The molecule has 11 heteroatoms. The molecule has 2 heterocycles. The lowest BCUT2D eigenvalue weighted by Gasteiger charge is -2.35. The number of halogens is 1. The molecule has 0 bridgehead atoms. The van der Waals surface area contributed by atoms with Gasteiger partial charge in [0.25, 0.3) is 0 Å². The number of amides is 2. The Labute approximate surface area is 243 Å². The maximum Gasteiger partial charge on any atom is 0.439 e. The Morgan fingerprint density at radius 2 is 1.54 bits per heavy atom. The zero-order valence-electron chi connectivity index (χ0n) is 22.4. The molecule has 0 aliphatic heterocycles. The van der Waals surface area contributed by atoms with E-state index in [1.165, 1.54) is 0 Å². The number of nitrogens with one attached hydrogen (secondary N) is 1. The van der Waals surface area contributed by atoms with Crippen LogP contribution in [0.15, 0.2) is 82.4 Å². The molecule has 2 amide bonds. The van der Waals surface area contributed by atoms with Gasteiger partial charge < -0.3 is 11.5 Å². The summed E-state index contributed by atoms with van der Waals surface area (Å²) >= 11 is 0. The van der Waals surface area contributed by atoms with Gasteiger partial charge in [0.15, 0.2) is 5.82 Å². The summed E-state index contributed by atoms with van der Waals surface area (Å²) in [6.45, 7) is 0.607. The van der Waals surface area contributed by atoms with Gasteiger partial charge in [0.1, 0.15) is 6.04 Å². The van der Waals surface area contributed by atoms with Crippen molar-refractivity contribution in [2.24, 2.45) is 23.3 Å². The van der Waals surface area contributed by atoms with Crippen LogP contribution >= 0.6 is 12.4 Å². The molecule has 5 N–H and O–H groups in total. The van der Waals surface area contributed by atoms with E-state index in [2.05, 4.69) is 19.6 Å². The highest BCUT2D eigenvalue weighted by Gasteiger charge is 2.36. The van der Waals surface area contributed by atoms with E-state index in [-0.39, 0.29) is 36.5 Å². The van der Waals surface area contributed by atoms with Crippen molar-refractivity contribution in [2.75, 3.05) is 11.4 Å². The number of benzene rings is 2. The van der Waals surface area contributed by atoms with Crippen molar-refractivity contribution < 1.29 is 14.1 Å². The second kappa shape index (κ2) is 13.4. The third-order valence-corrected chi connectivity index (χ3v) is 7.66. The van der Waals surface area contributed by atoms with Gasteiger partial charge in [-0.3, -0.25) is 29.0 Å². The van der Waals surface area contributed by atoms with Crippen LogP contribution < -0.4 is 22.1 Å². The first-order valence-electron chi connectivity index (χ1n) is 13.4. The number of primary amides is 1. The number of anilines is 1. The minimum atomic E-state index is -0.899. The number of hydrogen-bond donors (Lipinski definition) is 3. The lowest BCUT2D eigenvalue weighted by atomic mass is 9.81. The molecule has 5 rings (SSSR count). The van der Waals surface area contributed by atoms with Crippen LogP contribution in [0.3, 0.4) is 0 Å². The Balaban J connectivity index is 0.00000387. The van der Waals surface area contributed by atoms with Crippen molar-refractivity contribution in [3.05, 3.63) is 89.2 Å². The summed E-state index contributed by atoms with van der Waals surface area (Å²) in [5.74, 6) is -0.928. The first kappa shape index (κ1) is 29.7. The predicted molar refractivity (Wildman–Crippen MR) is 158 cm³/mol. The van der Waals surface area contributed by atoms with Crippen molar-refractivity contribution >= 4 is 29.9 Å². The molecule has 1 saturated carbocycles. The maximum absolute atomic E-state index is 14.0.